The van der Waals surface area contributed by atoms with E-state index in [1.807, 2.05) is 24.3 Å². The number of aliphatic hydroxyl groups excluding tert-OH is 1. The largest absolute Gasteiger partial charge is 0.395 e. The molecule has 23 heavy (non-hydrogen) atoms. The quantitative estimate of drug-likeness (QED) is 0.629. The van der Waals surface area contributed by atoms with Gasteiger partial charge in [0.25, 0.3) is 0 Å². The van der Waals surface area contributed by atoms with E-state index in [0.717, 1.165) is 0 Å². The maximum absolute atomic E-state index is 12.5. The van der Waals surface area contributed by atoms with Gasteiger partial charge in [-0.3, -0.25) is 4.79 Å². The first-order chi connectivity index (χ1) is 10.9. The van der Waals surface area contributed by atoms with Crippen molar-refractivity contribution in [1.29, 1.82) is 0 Å². The number of carbonyl (C=O) groups excluding carboxylic acids is 1. The Bertz CT molecular complexity index is 690. The van der Waals surface area contributed by atoms with Gasteiger partial charge in [0, 0.05) is 11.1 Å². The average Bonchev–Trinajstić information content (AvgIpc) is 2.55. The lowest BCUT2D eigenvalue weighted by molar-refractivity contribution is 0.103. The summed E-state index contributed by atoms with van der Waals surface area (Å²) in [5.74, 6) is 0.311. The van der Waals surface area contributed by atoms with Crippen LogP contribution < -0.4 is 0 Å². The van der Waals surface area contributed by atoms with Crippen molar-refractivity contribution in [3.63, 3.8) is 0 Å². The lowest BCUT2D eigenvalue weighted by Crippen LogP contribution is -2.10. The second-order valence-corrected chi connectivity index (χ2v) is 6.80. The highest BCUT2D eigenvalue weighted by atomic mass is 32.2. The number of benzene rings is 2. The summed E-state index contributed by atoms with van der Waals surface area (Å²) in [4.78, 5) is 12.5. The molecule has 0 fully saturated rings. The third kappa shape index (κ3) is 4.13. The van der Waals surface area contributed by atoms with E-state index in [1.54, 1.807) is 24.3 Å². The summed E-state index contributed by atoms with van der Waals surface area (Å²) < 4.78 is 20.3. The van der Waals surface area contributed by atoms with E-state index in [2.05, 4.69) is 13.8 Å². The zero-order chi connectivity index (χ0) is 17.0. The second-order valence-electron chi connectivity index (χ2n) is 5.68. The predicted molar refractivity (Wildman–Crippen MR) is 91.0 cm³/mol. The third-order valence-corrected chi connectivity index (χ3v) is 4.70. The molecule has 4 nitrogen and oxygen atoms in total. The molecule has 2 unspecified atom stereocenters. The highest BCUT2D eigenvalue weighted by Gasteiger charge is 2.17. The average molecular weight is 332 g/mol. The van der Waals surface area contributed by atoms with Crippen LogP contribution in [0.1, 0.15) is 52.1 Å². The Hall–Kier alpha value is -1.82. The minimum Gasteiger partial charge on any atom is -0.395 e. The molecule has 5 heteroatoms. The van der Waals surface area contributed by atoms with Gasteiger partial charge in [-0.15, -0.1) is 0 Å². The third-order valence-electron chi connectivity index (χ3n) is 3.79. The van der Waals surface area contributed by atoms with Gasteiger partial charge < -0.3 is 9.66 Å². The Kier molecular flexibility index (Phi) is 5.82. The van der Waals surface area contributed by atoms with Crippen molar-refractivity contribution in [2.24, 2.45) is 0 Å². The molecule has 0 saturated heterocycles. The first kappa shape index (κ1) is 17.5. The molecular formula is C18H20O4S. The van der Waals surface area contributed by atoms with E-state index in [0.29, 0.717) is 22.6 Å². The van der Waals surface area contributed by atoms with Crippen molar-refractivity contribution in [3.8, 4) is 0 Å². The van der Waals surface area contributed by atoms with Crippen LogP contribution in [0.15, 0.2) is 48.5 Å². The topological polar surface area (TPSA) is 74.6 Å². The van der Waals surface area contributed by atoms with Crippen molar-refractivity contribution in [2.45, 2.75) is 25.0 Å². The van der Waals surface area contributed by atoms with Crippen LogP contribution in [-0.2, 0) is 11.1 Å². The van der Waals surface area contributed by atoms with E-state index >= 15 is 0 Å². The van der Waals surface area contributed by atoms with Gasteiger partial charge in [-0.1, -0.05) is 62.4 Å². The van der Waals surface area contributed by atoms with Gasteiger partial charge in [0.2, 0.25) is 0 Å². The summed E-state index contributed by atoms with van der Waals surface area (Å²) in [5.41, 5.74) is 2.81. The van der Waals surface area contributed by atoms with Crippen LogP contribution in [0.4, 0.5) is 0 Å². The molecule has 2 N–H and O–H groups in total. The van der Waals surface area contributed by atoms with Gasteiger partial charge in [0.1, 0.15) is 5.25 Å². The standard InChI is InChI=1S/C18H20O4S/c1-12(2)13-3-7-15(8-4-13)18(20)16-9-5-14(6-10-16)17(11-19)23(21)22/h3-10,12,17,19H,11H2,1-2H3,(H,21,22). The Balaban J connectivity index is 2.21. The molecule has 2 aromatic rings. The zero-order valence-corrected chi connectivity index (χ0v) is 13.9. The Morgan fingerprint density at radius 1 is 0.957 bits per heavy atom. The summed E-state index contributed by atoms with van der Waals surface area (Å²) in [6.45, 7) is 3.77. The van der Waals surface area contributed by atoms with Crippen LogP contribution in [0.2, 0.25) is 0 Å². The Labute approximate surface area is 138 Å². The van der Waals surface area contributed by atoms with Crippen molar-refractivity contribution < 1.29 is 18.7 Å². The van der Waals surface area contributed by atoms with Crippen LogP contribution in [0, 0.1) is 0 Å². The normalized spacial score (nSPS) is 13.8. The van der Waals surface area contributed by atoms with Gasteiger partial charge in [0.05, 0.1) is 6.61 Å². The molecule has 0 radical (unpaired) electrons. The molecule has 2 rings (SSSR count). The van der Waals surface area contributed by atoms with E-state index in [1.165, 1.54) is 5.56 Å². The van der Waals surface area contributed by atoms with Gasteiger partial charge in [-0.05, 0) is 17.0 Å². The molecule has 0 aliphatic carbocycles. The van der Waals surface area contributed by atoms with Crippen LogP contribution in [0.5, 0.6) is 0 Å². The molecule has 0 amide bonds. The minimum absolute atomic E-state index is 0.0995. The molecule has 0 bridgehead atoms. The smallest absolute Gasteiger partial charge is 0.193 e. The van der Waals surface area contributed by atoms with Crippen molar-refractivity contribution in [3.05, 3.63) is 70.8 Å². The summed E-state index contributed by atoms with van der Waals surface area (Å²) in [6, 6.07) is 13.9. The van der Waals surface area contributed by atoms with Crippen LogP contribution in [0.25, 0.3) is 0 Å². The van der Waals surface area contributed by atoms with Gasteiger partial charge in [-0.25, -0.2) is 4.21 Å². The number of aliphatic hydroxyl groups is 1. The van der Waals surface area contributed by atoms with Gasteiger partial charge >= 0.3 is 0 Å². The Morgan fingerprint density at radius 2 is 1.39 bits per heavy atom. The fourth-order valence-electron chi connectivity index (χ4n) is 2.32. The van der Waals surface area contributed by atoms with E-state index in [9.17, 15) is 9.00 Å². The first-order valence-electron chi connectivity index (χ1n) is 7.39. The van der Waals surface area contributed by atoms with E-state index < -0.39 is 22.9 Å². The van der Waals surface area contributed by atoms with E-state index in [-0.39, 0.29) is 5.78 Å². The van der Waals surface area contributed by atoms with Crippen molar-refractivity contribution in [2.75, 3.05) is 6.61 Å². The molecule has 0 aliphatic heterocycles. The van der Waals surface area contributed by atoms with Crippen LogP contribution in [-0.4, -0.2) is 26.3 Å². The molecule has 0 heterocycles. The van der Waals surface area contributed by atoms with Crippen molar-refractivity contribution in [1.82, 2.24) is 0 Å². The minimum atomic E-state index is -2.15. The van der Waals surface area contributed by atoms with Crippen LogP contribution >= 0.6 is 0 Å². The fourth-order valence-corrected chi connectivity index (χ4v) is 2.84. The maximum atomic E-state index is 12.5. The fraction of sp³-hybridized carbons (Fsp3) is 0.278. The SMILES string of the molecule is CC(C)c1ccc(C(=O)c2ccc(C(CO)S(=O)O)cc2)cc1. The Morgan fingerprint density at radius 3 is 1.74 bits per heavy atom. The van der Waals surface area contributed by atoms with E-state index in [4.69, 9.17) is 9.66 Å². The molecule has 2 aromatic carbocycles. The highest BCUT2D eigenvalue weighted by molar-refractivity contribution is 7.79. The predicted octanol–water partition coefficient (Wildman–Crippen LogP) is 3.30. The van der Waals surface area contributed by atoms with Crippen molar-refractivity contribution >= 4 is 16.9 Å². The molecule has 0 aromatic heterocycles. The summed E-state index contributed by atoms with van der Waals surface area (Å²) in [6.07, 6.45) is 0. The lowest BCUT2D eigenvalue weighted by Gasteiger charge is -2.11. The monoisotopic (exact) mass is 332 g/mol. The second kappa shape index (κ2) is 7.64. The van der Waals surface area contributed by atoms with Gasteiger partial charge in [0.15, 0.2) is 16.9 Å². The molecule has 0 aliphatic rings. The molecule has 0 spiro atoms. The lowest BCUT2D eigenvalue weighted by atomic mass is 9.97. The maximum Gasteiger partial charge on any atom is 0.193 e. The van der Waals surface area contributed by atoms with Crippen LogP contribution in [0.3, 0.4) is 0 Å². The summed E-state index contributed by atoms with van der Waals surface area (Å²) in [7, 11) is 0. The number of ketones is 1. The highest BCUT2D eigenvalue weighted by Crippen LogP contribution is 2.21. The molecule has 122 valence electrons. The molecule has 2 atom stereocenters. The number of hydrogen-bond acceptors (Lipinski definition) is 3. The molecule has 0 saturated carbocycles. The number of carbonyl (C=O) groups is 1. The number of hydrogen-bond donors (Lipinski definition) is 2. The van der Waals surface area contributed by atoms with Gasteiger partial charge in [-0.2, -0.15) is 0 Å². The number of rotatable bonds is 6. The zero-order valence-electron chi connectivity index (χ0n) is 13.1. The molecular weight excluding hydrogens is 312 g/mol. The summed E-state index contributed by atoms with van der Waals surface area (Å²) in [5, 5.41) is 8.30. The summed E-state index contributed by atoms with van der Waals surface area (Å²) >= 11 is -2.15. The first-order valence-corrected chi connectivity index (χ1v) is 8.56.